The number of rotatable bonds is 3. The smallest absolute Gasteiger partial charge is 0.309 e. The first-order valence-electron chi connectivity index (χ1n) is 4.82. The third-order valence-corrected chi connectivity index (χ3v) is 2.17. The van der Waals surface area contributed by atoms with Crippen LogP contribution in [0.15, 0.2) is 30.5 Å². The minimum atomic E-state index is -0.954. The molecule has 1 aromatic carbocycles. The van der Waals surface area contributed by atoms with E-state index in [4.69, 9.17) is 10.4 Å². The van der Waals surface area contributed by atoms with Gasteiger partial charge < -0.3 is 5.11 Å². The Hall–Kier alpha value is -2.68. The van der Waals surface area contributed by atoms with Gasteiger partial charge in [-0.25, -0.2) is 4.68 Å². The van der Waals surface area contributed by atoms with Gasteiger partial charge in [0.2, 0.25) is 0 Å². The summed E-state index contributed by atoms with van der Waals surface area (Å²) in [4.78, 5) is 10.7. The Balaban J connectivity index is 2.43. The zero-order chi connectivity index (χ0) is 12.3. The molecule has 0 saturated carbocycles. The van der Waals surface area contributed by atoms with Gasteiger partial charge in [0, 0.05) is 0 Å². The summed E-state index contributed by atoms with van der Waals surface area (Å²) in [6, 6.07) is 8.75. The van der Waals surface area contributed by atoms with E-state index in [0.29, 0.717) is 16.9 Å². The van der Waals surface area contributed by atoms with E-state index in [-0.39, 0.29) is 6.42 Å². The highest BCUT2D eigenvalue weighted by Gasteiger charge is 2.10. The third-order valence-electron chi connectivity index (χ3n) is 2.17. The van der Waals surface area contributed by atoms with Gasteiger partial charge in [0.1, 0.15) is 0 Å². The molecule has 1 aromatic heterocycles. The second-order valence-corrected chi connectivity index (χ2v) is 3.37. The van der Waals surface area contributed by atoms with E-state index in [0.717, 1.165) is 0 Å². The number of nitriles is 1. The predicted octanol–water partition coefficient (Wildman–Crippen LogP) is 0.766. The van der Waals surface area contributed by atoms with Crippen LogP contribution in [0.25, 0.3) is 5.69 Å². The molecule has 0 amide bonds. The lowest BCUT2D eigenvalue weighted by molar-refractivity contribution is -0.136. The van der Waals surface area contributed by atoms with Crippen molar-refractivity contribution in [3.05, 3.63) is 41.7 Å². The first-order chi connectivity index (χ1) is 8.20. The topological polar surface area (TPSA) is 91.8 Å². The molecule has 0 aliphatic heterocycles. The fraction of sp³-hybridized carbons (Fsp3) is 0.0909. The molecule has 2 aromatic rings. The van der Waals surface area contributed by atoms with E-state index in [1.807, 2.05) is 6.07 Å². The zero-order valence-electron chi connectivity index (χ0n) is 8.74. The molecule has 1 N–H and O–H groups in total. The Morgan fingerprint density at radius 1 is 1.53 bits per heavy atom. The van der Waals surface area contributed by atoms with Gasteiger partial charge in [0.25, 0.3) is 0 Å². The minimum Gasteiger partial charge on any atom is -0.481 e. The van der Waals surface area contributed by atoms with Crippen LogP contribution in [0.4, 0.5) is 0 Å². The van der Waals surface area contributed by atoms with Gasteiger partial charge in [-0.15, -0.1) is 5.10 Å². The molecule has 6 nitrogen and oxygen atoms in total. The lowest BCUT2D eigenvalue weighted by Gasteiger charge is -2.04. The van der Waals surface area contributed by atoms with Gasteiger partial charge in [-0.1, -0.05) is 11.3 Å². The molecule has 0 aliphatic carbocycles. The molecule has 0 unspecified atom stereocenters. The number of aliphatic carboxylic acids is 1. The van der Waals surface area contributed by atoms with Crippen molar-refractivity contribution in [2.75, 3.05) is 0 Å². The van der Waals surface area contributed by atoms with Gasteiger partial charge in [-0.3, -0.25) is 4.79 Å². The molecule has 1 heterocycles. The van der Waals surface area contributed by atoms with Gasteiger partial charge >= 0.3 is 5.97 Å². The van der Waals surface area contributed by atoms with Gasteiger partial charge in [0.05, 0.1) is 35.6 Å². The number of carboxylic acids is 1. The number of benzene rings is 1. The largest absolute Gasteiger partial charge is 0.481 e. The van der Waals surface area contributed by atoms with Crippen LogP contribution in [0.1, 0.15) is 11.3 Å². The van der Waals surface area contributed by atoms with Crippen LogP contribution in [0.2, 0.25) is 0 Å². The van der Waals surface area contributed by atoms with Crippen LogP contribution in [0.3, 0.4) is 0 Å². The SMILES string of the molecule is N#Cc1cccc(-n2nncc2CC(=O)O)c1. The molecule has 0 bridgehead atoms. The summed E-state index contributed by atoms with van der Waals surface area (Å²) in [6.45, 7) is 0. The number of hydrogen-bond acceptors (Lipinski definition) is 4. The molecular weight excluding hydrogens is 220 g/mol. The molecule has 17 heavy (non-hydrogen) atoms. The van der Waals surface area contributed by atoms with Crippen LogP contribution in [0, 0.1) is 11.3 Å². The third kappa shape index (κ3) is 2.29. The van der Waals surface area contributed by atoms with E-state index in [2.05, 4.69) is 10.3 Å². The summed E-state index contributed by atoms with van der Waals surface area (Å²) in [7, 11) is 0. The predicted molar refractivity (Wildman–Crippen MR) is 57.4 cm³/mol. The Kier molecular flexibility index (Phi) is 2.83. The Bertz CT molecular complexity index is 598. The van der Waals surface area contributed by atoms with Crippen LogP contribution in [-0.4, -0.2) is 26.1 Å². The van der Waals surface area contributed by atoms with Gasteiger partial charge in [-0.05, 0) is 18.2 Å². The Morgan fingerprint density at radius 2 is 2.35 bits per heavy atom. The van der Waals surface area contributed by atoms with Crippen LogP contribution in [-0.2, 0) is 11.2 Å². The van der Waals surface area contributed by atoms with Crippen molar-refractivity contribution >= 4 is 5.97 Å². The van der Waals surface area contributed by atoms with Crippen molar-refractivity contribution in [2.45, 2.75) is 6.42 Å². The molecular formula is C11H8N4O2. The highest BCUT2D eigenvalue weighted by molar-refractivity contribution is 5.69. The van der Waals surface area contributed by atoms with Crippen molar-refractivity contribution < 1.29 is 9.90 Å². The molecule has 0 fully saturated rings. The van der Waals surface area contributed by atoms with Gasteiger partial charge in [0.15, 0.2) is 0 Å². The summed E-state index contributed by atoms with van der Waals surface area (Å²) < 4.78 is 1.41. The van der Waals surface area contributed by atoms with Gasteiger partial charge in [-0.2, -0.15) is 5.26 Å². The van der Waals surface area contributed by atoms with E-state index >= 15 is 0 Å². The van der Waals surface area contributed by atoms with Crippen molar-refractivity contribution in [1.82, 2.24) is 15.0 Å². The maximum Gasteiger partial charge on any atom is 0.309 e. The van der Waals surface area contributed by atoms with Crippen LogP contribution in [0.5, 0.6) is 0 Å². The Morgan fingerprint density at radius 3 is 3.06 bits per heavy atom. The normalized spacial score (nSPS) is 9.82. The van der Waals surface area contributed by atoms with Crippen LogP contribution < -0.4 is 0 Å². The molecule has 2 rings (SSSR count). The molecule has 0 atom stereocenters. The lowest BCUT2D eigenvalue weighted by Crippen LogP contribution is -2.08. The summed E-state index contributed by atoms with van der Waals surface area (Å²) in [5, 5.41) is 25.0. The Labute approximate surface area is 96.7 Å². The highest BCUT2D eigenvalue weighted by atomic mass is 16.4. The standard InChI is InChI=1S/C11H8N4O2/c12-6-8-2-1-3-9(4-8)15-10(5-11(16)17)7-13-14-15/h1-4,7H,5H2,(H,16,17). The van der Waals surface area contributed by atoms with E-state index in [9.17, 15) is 4.79 Å². The number of nitrogens with zero attached hydrogens (tertiary/aromatic N) is 4. The first kappa shape index (κ1) is 10.8. The van der Waals surface area contributed by atoms with E-state index in [1.54, 1.807) is 24.3 Å². The maximum absolute atomic E-state index is 10.7. The minimum absolute atomic E-state index is 0.163. The second-order valence-electron chi connectivity index (χ2n) is 3.37. The van der Waals surface area contributed by atoms with Crippen molar-refractivity contribution in [2.24, 2.45) is 0 Å². The maximum atomic E-state index is 10.7. The number of carbonyl (C=O) groups is 1. The first-order valence-corrected chi connectivity index (χ1v) is 4.82. The average molecular weight is 228 g/mol. The number of carboxylic acid groups (broad SMARTS) is 1. The monoisotopic (exact) mass is 228 g/mol. The summed E-state index contributed by atoms with van der Waals surface area (Å²) in [5.41, 5.74) is 1.57. The number of aromatic nitrogens is 3. The molecule has 0 spiro atoms. The van der Waals surface area contributed by atoms with Crippen LogP contribution >= 0.6 is 0 Å². The highest BCUT2D eigenvalue weighted by Crippen LogP contribution is 2.11. The van der Waals surface area contributed by atoms with Crippen molar-refractivity contribution in [3.8, 4) is 11.8 Å². The molecule has 0 saturated heterocycles. The van der Waals surface area contributed by atoms with Crippen molar-refractivity contribution in [3.63, 3.8) is 0 Å². The lowest BCUT2D eigenvalue weighted by atomic mass is 10.2. The summed E-state index contributed by atoms with van der Waals surface area (Å²) in [6.07, 6.45) is 1.23. The zero-order valence-corrected chi connectivity index (χ0v) is 8.74. The van der Waals surface area contributed by atoms with E-state index < -0.39 is 5.97 Å². The number of hydrogen-bond donors (Lipinski definition) is 1. The summed E-state index contributed by atoms with van der Waals surface area (Å²) in [5.74, 6) is -0.954. The van der Waals surface area contributed by atoms with E-state index in [1.165, 1.54) is 10.9 Å². The average Bonchev–Trinajstić information content (AvgIpc) is 2.76. The molecule has 6 heteroatoms. The summed E-state index contributed by atoms with van der Waals surface area (Å²) >= 11 is 0. The quantitative estimate of drug-likeness (QED) is 0.837. The molecule has 84 valence electrons. The molecule has 0 radical (unpaired) electrons. The fourth-order valence-electron chi connectivity index (χ4n) is 1.46. The molecule has 0 aliphatic rings. The second kappa shape index (κ2) is 4.45. The fourth-order valence-corrected chi connectivity index (χ4v) is 1.46. The van der Waals surface area contributed by atoms with Crippen molar-refractivity contribution in [1.29, 1.82) is 5.26 Å².